The molecule has 1 aromatic heterocycles. The molecular weight excluding hydrogens is 462 g/mol. The number of carbonyl (C=O) groups excluding carboxylic acids is 2. The summed E-state index contributed by atoms with van der Waals surface area (Å²) in [5, 5.41) is 4.97. The lowest BCUT2D eigenvalue weighted by Gasteiger charge is -2.22. The van der Waals surface area contributed by atoms with Crippen LogP contribution in [0.2, 0.25) is 0 Å². The Kier molecular flexibility index (Phi) is 7.87. The number of aromatic nitrogens is 2. The lowest BCUT2D eigenvalue weighted by atomic mass is 9.96. The molecule has 0 spiro atoms. The highest BCUT2D eigenvalue weighted by Crippen LogP contribution is 2.35. The van der Waals surface area contributed by atoms with Crippen LogP contribution < -0.4 is 4.74 Å². The van der Waals surface area contributed by atoms with Crippen molar-refractivity contribution in [3.05, 3.63) is 106 Å². The summed E-state index contributed by atoms with van der Waals surface area (Å²) in [5.41, 5.74) is 6.88. The van der Waals surface area contributed by atoms with Crippen LogP contribution in [-0.4, -0.2) is 47.1 Å². The molecule has 1 unspecified atom stereocenters. The number of carbonyl (C=O) groups is 2. The van der Waals surface area contributed by atoms with E-state index in [4.69, 9.17) is 9.84 Å². The van der Waals surface area contributed by atoms with Gasteiger partial charge in [-0.05, 0) is 68.7 Å². The van der Waals surface area contributed by atoms with Crippen molar-refractivity contribution in [2.45, 2.75) is 33.7 Å². The number of hydrogen-bond acceptors (Lipinski definition) is 4. The summed E-state index contributed by atoms with van der Waals surface area (Å²) in [7, 11) is 1.65. The van der Waals surface area contributed by atoms with E-state index in [0.717, 1.165) is 45.7 Å². The van der Waals surface area contributed by atoms with Gasteiger partial charge in [0, 0.05) is 35.5 Å². The van der Waals surface area contributed by atoms with Crippen LogP contribution in [-0.2, 0) is 0 Å². The van der Waals surface area contributed by atoms with Crippen molar-refractivity contribution in [3.8, 4) is 16.9 Å². The molecule has 0 radical (unpaired) electrons. The number of rotatable bonds is 9. The molecule has 0 fully saturated rings. The van der Waals surface area contributed by atoms with E-state index in [2.05, 4.69) is 6.07 Å². The Balaban J connectivity index is 1.87. The number of ether oxygens (including phenoxy) is 1. The largest absolute Gasteiger partial charge is 0.497 e. The molecule has 0 aliphatic carbocycles. The van der Waals surface area contributed by atoms with Gasteiger partial charge in [0.05, 0.1) is 12.8 Å². The Labute approximate surface area is 218 Å². The van der Waals surface area contributed by atoms with E-state index in [1.165, 1.54) is 0 Å². The van der Waals surface area contributed by atoms with Gasteiger partial charge in [0.1, 0.15) is 11.8 Å². The average molecular weight is 496 g/mol. The van der Waals surface area contributed by atoms with E-state index in [1.807, 2.05) is 104 Å². The number of aryl methyl sites for hydroxylation is 1. The van der Waals surface area contributed by atoms with Gasteiger partial charge in [-0.3, -0.25) is 14.3 Å². The molecule has 37 heavy (non-hydrogen) atoms. The third kappa shape index (κ3) is 5.05. The third-order valence-electron chi connectivity index (χ3n) is 6.86. The summed E-state index contributed by atoms with van der Waals surface area (Å²) >= 11 is 0. The summed E-state index contributed by atoms with van der Waals surface area (Å²) in [5.74, 6) is 0.775. The second-order valence-corrected chi connectivity index (χ2v) is 8.97. The first-order valence-electron chi connectivity index (χ1n) is 12.6. The van der Waals surface area contributed by atoms with E-state index >= 15 is 0 Å². The fourth-order valence-corrected chi connectivity index (χ4v) is 4.92. The maximum atomic E-state index is 12.9. The third-order valence-corrected chi connectivity index (χ3v) is 6.86. The van der Waals surface area contributed by atoms with E-state index in [9.17, 15) is 9.59 Å². The van der Waals surface area contributed by atoms with Crippen molar-refractivity contribution >= 4 is 12.2 Å². The second kappa shape index (κ2) is 11.2. The maximum Gasteiger partial charge on any atom is 0.253 e. The first-order chi connectivity index (χ1) is 17.9. The van der Waals surface area contributed by atoms with Crippen molar-refractivity contribution in [1.82, 2.24) is 14.7 Å². The summed E-state index contributed by atoms with van der Waals surface area (Å²) in [6.07, 6.45) is 0.886. The van der Waals surface area contributed by atoms with E-state index in [-0.39, 0.29) is 11.9 Å². The topological polar surface area (TPSA) is 64.4 Å². The fourth-order valence-electron chi connectivity index (χ4n) is 4.92. The standard InChI is InChI=1S/C31H33N3O3/c1-6-33(7-2)31(36)24-17-15-23(16-18-24)30(25-12-10-13-27(19-25)37-5)34-22(4)29(21(3)32-34)28-14-9-8-11-26(28)20-35/h8-20,30H,6-7H2,1-5H3. The first kappa shape index (κ1) is 25.9. The lowest BCUT2D eigenvalue weighted by molar-refractivity contribution is 0.0773. The van der Waals surface area contributed by atoms with Crippen LogP contribution in [0.15, 0.2) is 72.8 Å². The molecule has 4 rings (SSSR count). The number of methoxy groups -OCH3 is 1. The Morgan fingerprint density at radius 1 is 0.973 bits per heavy atom. The van der Waals surface area contributed by atoms with Crippen LogP contribution in [0, 0.1) is 13.8 Å². The van der Waals surface area contributed by atoms with Gasteiger partial charge in [-0.2, -0.15) is 5.10 Å². The van der Waals surface area contributed by atoms with Crippen molar-refractivity contribution in [2.24, 2.45) is 0 Å². The molecule has 6 heteroatoms. The molecule has 4 aromatic rings. The van der Waals surface area contributed by atoms with Gasteiger partial charge in [-0.1, -0.05) is 48.5 Å². The molecule has 0 N–H and O–H groups in total. The van der Waals surface area contributed by atoms with Crippen molar-refractivity contribution in [1.29, 1.82) is 0 Å². The minimum Gasteiger partial charge on any atom is -0.497 e. The van der Waals surface area contributed by atoms with Gasteiger partial charge in [0.25, 0.3) is 5.91 Å². The summed E-state index contributed by atoms with van der Waals surface area (Å²) in [6.45, 7) is 9.30. The maximum absolute atomic E-state index is 12.9. The van der Waals surface area contributed by atoms with Crippen molar-refractivity contribution in [3.63, 3.8) is 0 Å². The summed E-state index contributed by atoms with van der Waals surface area (Å²) in [4.78, 5) is 26.5. The van der Waals surface area contributed by atoms with Crippen LogP contribution >= 0.6 is 0 Å². The fraction of sp³-hybridized carbons (Fsp3) is 0.258. The Hall–Kier alpha value is -4.19. The van der Waals surface area contributed by atoms with E-state index in [1.54, 1.807) is 7.11 Å². The predicted octanol–water partition coefficient (Wildman–Crippen LogP) is 6.11. The number of hydrogen-bond donors (Lipinski definition) is 0. The zero-order valence-corrected chi connectivity index (χ0v) is 22.1. The van der Waals surface area contributed by atoms with Gasteiger partial charge in [-0.25, -0.2) is 0 Å². The van der Waals surface area contributed by atoms with Gasteiger partial charge < -0.3 is 9.64 Å². The van der Waals surface area contributed by atoms with Gasteiger partial charge in [0.2, 0.25) is 0 Å². The molecule has 0 saturated heterocycles. The Morgan fingerprint density at radius 2 is 1.68 bits per heavy atom. The first-order valence-corrected chi connectivity index (χ1v) is 12.6. The van der Waals surface area contributed by atoms with Crippen molar-refractivity contribution < 1.29 is 14.3 Å². The zero-order chi connectivity index (χ0) is 26.5. The minimum atomic E-state index is -0.261. The molecule has 190 valence electrons. The molecule has 6 nitrogen and oxygen atoms in total. The molecular formula is C31H33N3O3. The van der Waals surface area contributed by atoms with E-state index in [0.29, 0.717) is 24.2 Å². The van der Waals surface area contributed by atoms with Crippen LogP contribution in [0.25, 0.3) is 11.1 Å². The Bertz CT molecular complexity index is 1400. The molecule has 0 bridgehead atoms. The van der Waals surface area contributed by atoms with E-state index < -0.39 is 0 Å². The quantitative estimate of drug-likeness (QED) is 0.263. The summed E-state index contributed by atoms with van der Waals surface area (Å²) in [6, 6.07) is 23.0. The molecule has 1 heterocycles. The van der Waals surface area contributed by atoms with Gasteiger partial charge in [0.15, 0.2) is 6.29 Å². The smallest absolute Gasteiger partial charge is 0.253 e. The molecule has 1 atom stereocenters. The van der Waals surface area contributed by atoms with Crippen LogP contribution in [0.4, 0.5) is 0 Å². The SMILES string of the molecule is CCN(CC)C(=O)c1ccc(C(c2cccc(OC)c2)n2nc(C)c(-c3ccccc3C=O)c2C)cc1. The highest BCUT2D eigenvalue weighted by atomic mass is 16.5. The number of benzene rings is 3. The highest BCUT2D eigenvalue weighted by molar-refractivity contribution is 5.94. The molecule has 1 amide bonds. The van der Waals surface area contributed by atoms with Crippen LogP contribution in [0.5, 0.6) is 5.75 Å². The minimum absolute atomic E-state index is 0.0216. The Morgan fingerprint density at radius 3 is 2.32 bits per heavy atom. The van der Waals surface area contributed by atoms with Gasteiger partial charge in [-0.15, -0.1) is 0 Å². The zero-order valence-electron chi connectivity index (χ0n) is 22.1. The second-order valence-electron chi connectivity index (χ2n) is 8.97. The highest BCUT2D eigenvalue weighted by Gasteiger charge is 2.25. The van der Waals surface area contributed by atoms with Crippen molar-refractivity contribution in [2.75, 3.05) is 20.2 Å². The number of amides is 1. The summed E-state index contributed by atoms with van der Waals surface area (Å²) < 4.78 is 7.52. The molecule has 0 saturated carbocycles. The number of nitrogens with zero attached hydrogens (tertiary/aromatic N) is 3. The molecule has 0 aliphatic heterocycles. The lowest BCUT2D eigenvalue weighted by Crippen LogP contribution is -2.30. The predicted molar refractivity (Wildman–Crippen MR) is 146 cm³/mol. The molecule has 0 aliphatic rings. The average Bonchev–Trinajstić information content (AvgIpc) is 3.22. The van der Waals surface area contributed by atoms with Crippen LogP contribution in [0.1, 0.15) is 63.1 Å². The van der Waals surface area contributed by atoms with Crippen LogP contribution in [0.3, 0.4) is 0 Å². The van der Waals surface area contributed by atoms with Gasteiger partial charge >= 0.3 is 0 Å². The normalized spacial score (nSPS) is 11.7. The number of aldehydes is 1. The molecule has 3 aromatic carbocycles. The monoisotopic (exact) mass is 495 g/mol.